The minimum Gasteiger partial charge on any atom is -0.397 e. The van der Waals surface area contributed by atoms with Crippen LogP contribution < -0.4 is 11.1 Å². The first-order chi connectivity index (χ1) is 17.0. The van der Waals surface area contributed by atoms with E-state index in [1.165, 1.54) is 30.3 Å². The van der Waals surface area contributed by atoms with Crippen molar-refractivity contribution in [1.82, 2.24) is 0 Å². The molecule has 5 N–H and O–H groups in total. The zero-order valence-corrected chi connectivity index (χ0v) is 21.7. The Balaban J connectivity index is 1.95. The molecule has 1 aliphatic rings. The molecule has 0 bridgehead atoms. The Morgan fingerprint density at radius 3 is 1.86 bits per heavy atom. The average Bonchev–Trinajstić information content (AvgIpc) is 2.77. The van der Waals surface area contributed by atoms with E-state index >= 15 is 0 Å². The van der Waals surface area contributed by atoms with Gasteiger partial charge in [-0.2, -0.15) is 16.8 Å². The summed E-state index contributed by atoms with van der Waals surface area (Å²) in [7, 11) is -9.58. The predicted octanol–water partition coefficient (Wildman–Crippen LogP) is 3.87. The molecule has 3 aromatic rings. The first-order valence-corrected chi connectivity index (χ1v) is 13.9. The quantitative estimate of drug-likeness (QED) is 0.213. The maximum Gasteiger partial charge on any atom is 0.296 e. The highest BCUT2D eigenvalue weighted by Gasteiger charge is 2.36. The number of carbonyl (C=O) groups excluding carboxylic acids is 2. The van der Waals surface area contributed by atoms with Crippen LogP contribution in [-0.4, -0.2) is 37.5 Å². The van der Waals surface area contributed by atoms with E-state index in [-0.39, 0.29) is 38.4 Å². The van der Waals surface area contributed by atoms with Crippen molar-refractivity contribution < 1.29 is 35.5 Å². The van der Waals surface area contributed by atoms with Crippen molar-refractivity contribution in [3.63, 3.8) is 0 Å². The van der Waals surface area contributed by atoms with Crippen molar-refractivity contribution in [3.8, 4) is 0 Å². The Bertz CT molecular complexity index is 1700. The maximum absolute atomic E-state index is 13.4. The third-order valence-electron chi connectivity index (χ3n) is 5.82. The van der Waals surface area contributed by atoms with Gasteiger partial charge in [-0.05, 0) is 35.6 Å². The van der Waals surface area contributed by atoms with E-state index in [9.17, 15) is 35.5 Å². The van der Waals surface area contributed by atoms with E-state index in [1.807, 2.05) is 20.8 Å². The van der Waals surface area contributed by atoms with Crippen molar-refractivity contribution in [3.05, 3.63) is 76.3 Å². The number of carbonyl (C=O) groups is 2. The van der Waals surface area contributed by atoms with Crippen LogP contribution in [0.1, 0.15) is 58.2 Å². The molecular formula is C25H24N2O8S2. The number of nitrogens with one attached hydrogen (secondary N) is 1. The Labute approximate surface area is 214 Å². The lowest BCUT2D eigenvalue weighted by Gasteiger charge is -2.24. The highest BCUT2D eigenvalue weighted by molar-refractivity contribution is 7.86. The molecule has 1 aliphatic carbocycles. The lowest BCUT2D eigenvalue weighted by atomic mass is 9.82. The fourth-order valence-corrected chi connectivity index (χ4v) is 5.75. The van der Waals surface area contributed by atoms with E-state index in [2.05, 4.69) is 5.32 Å². The number of hydrogen-bond donors (Lipinski definition) is 4. The normalized spacial score (nSPS) is 13.8. The average molecular weight is 545 g/mol. The Morgan fingerprint density at radius 2 is 1.35 bits per heavy atom. The molecule has 3 aromatic carbocycles. The van der Waals surface area contributed by atoms with Crippen molar-refractivity contribution in [1.29, 1.82) is 0 Å². The minimum atomic E-state index is -4.92. The number of anilines is 3. The van der Waals surface area contributed by atoms with Gasteiger partial charge >= 0.3 is 0 Å². The summed E-state index contributed by atoms with van der Waals surface area (Å²) >= 11 is 0. The molecule has 0 aromatic heterocycles. The van der Waals surface area contributed by atoms with Crippen LogP contribution in [0.25, 0.3) is 0 Å². The van der Waals surface area contributed by atoms with E-state index in [4.69, 9.17) is 5.73 Å². The molecule has 0 heterocycles. The van der Waals surface area contributed by atoms with Crippen molar-refractivity contribution in [2.24, 2.45) is 5.41 Å². The van der Waals surface area contributed by atoms with Gasteiger partial charge in [0.2, 0.25) is 0 Å². The highest BCUT2D eigenvalue weighted by Crippen LogP contribution is 2.40. The molecular weight excluding hydrogens is 520 g/mol. The van der Waals surface area contributed by atoms with Crippen molar-refractivity contribution in [2.45, 2.75) is 37.0 Å². The van der Waals surface area contributed by atoms with Gasteiger partial charge in [0.1, 0.15) is 4.90 Å². The summed E-state index contributed by atoms with van der Waals surface area (Å²) in [5, 5.41) is 2.78. The molecule has 194 valence electrons. The second-order valence-corrected chi connectivity index (χ2v) is 12.7. The summed E-state index contributed by atoms with van der Waals surface area (Å²) < 4.78 is 68.0. The summed E-state index contributed by atoms with van der Waals surface area (Å²) in [4.78, 5) is 25.5. The molecule has 0 aliphatic heterocycles. The molecule has 4 rings (SSSR count). The topological polar surface area (TPSA) is 181 Å². The largest absolute Gasteiger partial charge is 0.397 e. The monoisotopic (exact) mass is 544 g/mol. The number of nitrogen functional groups attached to an aromatic ring is 1. The van der Waals surface area contributed by atoms with E-state index in [0.29, 0.717) is 12.0 Å². The van der Waals surface area contributed by atoms with Crippen LogP contribution in [0.2, 0.25) is 0 Å². The van der Waals surface area contributed by atoms with Gasteiger partial charge in [0, 0.05) is 16.8 Å². The maximum atomic E-state index is 13.4. The number of nitrogens with two attached hydrogens (primary N) is 1. The van der Waals surface area contributed by atoms with Gasteiger partial charge in [0.05, 0.1) is 27.4 Å². The molecule has 0 saturated heterocycles. The third-order valence-corrected chi connectivity index (χ3v) is 7.65. The SMILES string of the molecule is CC(C)(C)Cc1ccc(Nc2cc(S(=O)(=O)O)c(N)c3c2C(=O)c2ccccc2C3=O)cc1S(=O)(=O)O. The zero-order valence-electron chi connectivity index (χ0n) is 20.1. The van der Waals surface area contributed by atoms with Crippen LogP contribution in [0.5, 0.6) is 0 Å². The summed E-state index contributed by atoms with van der Waals surface area (Å²) in [6.45, 7) is 5.68. The Hall–Kier alpha value is -3.58. The van der Waals surface area contributed by atoms with Gasteiger partial charge in [-0.15, -0.1) is 0 Å². The molecule has 0 unspecified atom stereocenters. The van der Waals surface area contributed by atoms with Gasteiger partial charge in [-0.25, -0.2) is 0 Å². The number of ketones is 2. The lowest BCUT2D eigenvalue weighted by Crippen LogP contribution is -2.25. The molecule has 0 atom stereocenters. The molecule has 0 amide bonds. The molecule has 0 saturated carbocycles. The second kappa shape index (κ2) is 8.77. The van der Waals surface area contributed by atoms with Crippen LogP contribution in [-0.2, 0) is 26.7 Å². The van der Waals surface area contributed by atoms with Crippen LogP contribution >= 0.6 is 0 Å². The van der Waals surface area contributed by atoms with E-state index < -0.39 is 47.9 Å². The molecule has 0 spiro atoms. The van der Waals surface area contributed by atoms with Gasteiger partial charge in [-0.3, -0.25) is 18.7 Å². The van der Waals surface area contributed by atoms with Crippen LogP contribution in [0.15, 0.2) is 58.3 Å². The third kappa shape index (κ3) is 5.01. The molecule has 10 nitrogen and oxygen atoms in total. The number of benzene rings is 3. The fourth-order valence-electron chi connectivity index (χ4n) is 4.35. The summed E-state index contributed by atoms with van der Waals surface area (Å²) in [6.07, 6.45) is 0.316. The molecule has 0 radical (unpaired) electrons. The fraction of sp³-hybridized carbons (Fsp3) is 0.200. The first-order valence-electron chi connectivity index (χ1n) is 11.0. The lowest BCUT2D eigenvalue weighted by molar-refractivity contribution is 0.0980. The van der Waals surface area contributed by atoms with Crippen molar-refractivity contribution in [2.75, 3.05) is 11.1 Å². The van der Waals surface area contributed by atoms with Gasteiger partial charge in [0.15, 0.2) is 11.6 Å². The van der Waals surface area contributed by atoms with E-state index in [0.717, 1.165) is 12.1 Å². The predicted molar refractivity (Wildman–Crippen MR) is 137 cm³/mol. The van der Waals surface area contributed by atoms with Crippen LogP contribution in [0.4, 0.5) is 17.1 Å². The Kier molecular flexibility index (Phi) is 6.28. The first kappa shape index (κ1) is 26.5. The van der Waals surface area contributed by atoms with Gasteiger partial charge < -0.3 is 11.1 Å². The number of rotatable bonds is 5. The van der Waals surface area contributed by atoms with Gasteiger partial charge in [0.25, 0.3) is 20.2 Å². The van der Waals surface area contributed by atoms with Gasteiger partial charge in [-0.1, -0.05) is 51.1 Å². The number of fused-ring (bicyclic) bond motifs is 2. The smallest absolute Gasteiger partial charge is 0.296 e. The minimum absolute atomic E-state index is 0.0188. The summed E-state index contributed by atoms with van der Waals surface area (Å²) in [5.74, 6) is -1.34. The Morgan fingerprint density at radius 1 is 0.811 bits per heavy atom. The number of hydrogen-bond acceptors (Lipinski definition) is 8. The van der Waals surface area contributed by atoms with Crippen LogP contribution in [0.3, 0.4) is 0 Å². The summed E-state index contributed by atoms with van der Waals surface area (Å²) in [5.41, 5.74) is 4.74. The molecule has 12 heteroatoms. The zero-order chi connectivity index (χ0) is 27.5. The standard InChI is InChI=1S/C25H24N2O8S2/c1-25(2,3)12-13-8-9-14(10-18(13)36(30,31)32)27-17-11-19(37(33,34)35)22(26)21-20(17)23(28)15-6-4-5-7-16(15)24(21)29/h4-11,27H,12,26H2,1-3H3,(H,30,31,32)(H,33,34,35). The molecule has 37 heavy (non-hydrogen) atoms. The molecule has 0 fully saturated rings. The second-order valence-electron chi connectivity index (χ2n) is 9.92. The van der Waals surface area contributed by atoms with Crippen molar-refractivity contribution >= 4 is 48.9 Å². The highest BCUT2D eigenvalue weighted by atomic mass is 32.2. The van der Waals surface area contributed by atoms with E-state index in [1.54, 1.807) is 6.07 Å². The summed E-state index contributed by atoms with van der Waals surface area (Å²) in [6, 6.07) is 10.9. The van der Waals surface area contributed by atoms with Crippen LogP contribution in [0, 0.1) is 5.41 Å².